The van der Waals surface area contributed by atoms with Gasteiger partial charge in [0, 0.05) is 6.54 Å². The predicted molar refractivity (Wildman–Crippen MR) is 87.1 cm³/mol. The molecule has 4 N–H and O–H groups in total. The van der Waals surface area contributed by atoms with Crippen LogP contribution in [0.2, 0.25) is 0 Å². The molecule has 0 radical (unpaired) electrons. The molecule has 124 valence electrons. The fourth-order valence-electron chi connectivity index (χ4n) is 2.06. The van der Waals surface area contributed by atoms with Crippen molar-refractivity contribution >= 4 is 10.0 Å². The van der Waals surface area contributed by atoms with E-state index >= 15 is 0 Å². The van der Waals surface area contributed by atoms with Crippen molar-refractivity contribution in [3.8, 4) is 17.2 Å². The van der Waals surface area contributed by atoms with Crippen LogP contribution in [0.3, 0.4) is 0 Å². The van der Waals surface area contributed by atoms with Crippen LogP contribution in [0.15, 0.2) is 42.5 Å². The van der Waals surface area contributed by atoms with E-state index in [1.807, 2.05) is 0 Å². The summed E-state index contributed by atoms with van der Waals surface area (Å²) in [6.07, 6.45) is 0.766. The highest BCUT2D eigenvalue weighted by atomic mass is 32.2. The minimum Gasteiger partial charge on any atom is -0.508 e. The number of nitrogens with one attached hydrogen (secondary N) is 1. The van der Waals surface area contributed by atoms with Gasteiger partial charge in [-0.1, -0.05) is 18.2 Å². The first-order valence-corrected chi connectivity index (χ1v) is 8.77. The first-order valence-electron chi connectivity index (χ1n) is 7.12. The number of aryl methyl sites for hydroxylation is 1. The Morgan fingerprint density at radius 3 is 2.13 bits per heavy atom. The Kier molecular flexibility index (Phi) is 5.46. The van der Waals surface area contributed by atoms with Crippen LogP contribution >= 0.6 is 0 Å². The second kappa shape index (κ2) is 7.34. The monoisotopic (exact) mass is 337 g/mol. The molecular formula is C16H19NO5S. The third kappa shape index (κ3) is 5.46. The largest absolute Gasteiger partial charge is 0.508 e. The average Bonchev–Trinajstić information content (AvgIpc) is 2.50. The van der Waals surface area contributed by atoms with Gasteiger partial charge in [0.05, 0.1) is 5.75 Å². The average molecular weight is 337 g/mol. The molecule has 7 heteroatoms. The van der Waals surface area contributed by atoms with Gasteiger partial charge in [0.1, 0.15) is 5.75 Å². The molecule has 2 aromatic rings. The number of benzene rings is 2. The number of hydrogen-bond donors (Lipinski definition) is 4. The lowest BCUT2D eigenvalue weighted by atomic mass is 10.1. The van der Waals surface area contributed by atoms with Gasteiger partial charge in [-0.2, -0.15) is 0 Å². The van der Waals surface area contributed by atoms with Crippen molar-refractivity contribution in [1.29, 1.82) is 0 Å². The molecule has 0 saturated carbocycles. The molecule has 0 unspecified atom stereocenters. The second-order valence-electron chi connectivity index (χ2n) is 5.20. The smallest absolute Gasteiger partial charge is 0.211 e. The zero-order valence-corrected chi connectivity index (χ0v) is 13.3. The Bertz CT molecular complexity index is 757. The quantitative estimate of drug-likeness (QED) is 0.573. The van der Waals surface area contributed by atoms with E-state index < -0.39 is 10.0 Å². The van der Waals surface area contributed by atoms with Gasteiger partial charge in [-0.3, -0.25) is 0 Å². The third-order valence-electron chi connectivity index (χ3n) is 3.37. The maximum Gasteiger partial charge on any atom is 0.211 e. The Balaban J connectivity index is 1.82. The van der Waals surface area contributed by atoms with Crippen molar-refractivity contribution < 1.29 is 23.7 Å². The minimum atomic E-state index is -3.42. The number of aromatic hydroxyl groups is 3. The zero-order chi connectivity index (χ0) is 16.9. The summed E-state index contributed by atoms with van der Waals surface area (Å²) in [5, 5.41) is 27.8. The molecule has 0 atom stereocenters. The van der Waals surface area contributed by atoms with Gasteiger partial charge >= 0.3 is 0 Å². The molecule has 0 aliphatic heterocycles. The number of hydrogen-bond acceptors (Lipinski definition) is 5. The lowest BCUT2D eigenvalue weighted by Crippen LogP contribution is -2.29. The molecular weight excluding hydrogens is 318 g/mol. The highest BCUT2D eigenvalue weighted by Gasteiger charge is 2.11. The number of phenolic OH excluding ortho intramolecular Hbond substituents is 3. The first kappa shape index (κ1) is 17.1. The Labute approximate surface area is 135 Å². The van der Waals surface area contributed by atoms with Crippen LogP contribution in [-0.2, 0) is 22.9 Å². The molecule has 0 aliphatic rings. The molecule has 0 aromatic heterocycles. The Hall–Kier alpha value is -2.25. The van der Waals surface area contributed by atoms with Gasteiger partial charge in [0.25, 0.3) is 0 Å². The highest BCUT2D eigenvalue weighted by Crippen LogP contribution is 2.25. The van der Waals surface area contributed by atoms with Crippen molar-refractivity contribution in [2.24, 2.45) is 0 Å². The van der Waals surface area contributed by atoms with E-state index in [0.29, 0.717) is 12.0 Å². The molecule has 0 heterocycles. The molecule has 0 amide bonds. The van der Waals surface area contributed by atoms with Crippen molar-refractivity contribution in [2.75, 3.05) is 12.3 Å². The standard InChI is InChI=1S/C16H19NO5S/c18-14-4-1-12(2-5-14)7-9-17-23(21,22)10-8-13-3-6-15(19)16(20)11-13/h1-6,11,17-20H,7-10H2. The van der Waals surface area contributed by atoms with Gasteiger partial charge in [0.2, 0.25) is 10.0 Å². The summed E-state index contributed by atoms with van der Waals surface area (Å²) < 4.78 is 26.4. The van der Waals surface area contributed by atoms with Gasteiger partial charge in [0.15, 0.2) is 11.5 Å². The van der Waals surface area contributed by atoms with Gasteiger partial charge < -0.3 is 15.3 Å². The lowest BCUT2D eigenvalue weighted by molar-refractivity contribution is 0.403. The molecule has 23 heavy (non-hydrogen) atoms. The van der Waals surface area contributed by atoms with E-state index in [-0.39, 0.29) is 36.0 Å². The van der Waals surface area contributed by atoms with Crippen LogP contribution in [0, 0.1) is 0 Å². The van der Waals surface area contributed by atoms with E-state index in [4.69, 9.17) is 0 Å². The van der Waals surface area contributed by atoms with Crippen molar-refractivity contribution in [1.82, 2.24) is 4.72 Å². The zero-order valence-electron chi connectivity index (χ0n) is 12.4. The van der Waals surface area contributed by atoms with Crippen LogP contribution in [0.5, 0.6) is 17.2 Å². The molecule has 0 spiro atoms. The summed E-state index contributed by atoms with van der Waals surface area (Å²) in [5.74, 6) is -0.428. The summed E-state index contributed by atoms with van der Waals surface area (Å²) in [7, 11) is -3.42. The van der Waals surface area contributed by atoms with Crippen molar-refractivity contribution in [3.63, 3.8) is 0 Å². The van der Waals surface area contributed by atoms with Gasteiger partial charge in [-0.05, 0) is 48.2 Å². The van der Waals surface area contributed by atoms with Crippen molar-refractivity contribution in [2.45, 2.75) is 12.8 Å². The van der Waals surface area contributed by atoms with Crippen LogP contribution < -0.4 is 4.72 Å². The molecule has 0 bridgehead atoms. The number of rotatable bonds is 7. The first-order chi connectivity index (χ1) is 10.9. The number of phenols is 3. The second-order valence-corrected chi connectivity index (χ2v) is 7.13. The highest BCUT2D eigenvalue weighted by molar-refractivity contribution is 7.89. The fourth-order valence-corrected chi connectivity index (χ4v) is 3.12. The normalized spacial score (nSPS) is 11.5. The third-order valence-corrected chi connectivity index (χ3v) is 4.76. The SMILES string of the molecule is O=S(=O)(CCc1ccc(O)c(O)c1)NCCc1ccc(O)cc1. The molecule has 0 saturated heterocycles. The molecule has 0 fully saturated rings. The topological polar surface area (TPSA) is 107 Å². The molecule has 6 nitrogen and oxygen atoms in total. The van der Waals surface area contributed by atoms with Gasteiger partial charge in [-0.15, -0.1) is 0 Å². The maximum atomic E-state index is 11.9. The van der Waals surface area contributed by atoms with E-state index in [1.165, 1.54) is 12.1 Å². The summed E-state index contributed by atoms with van der Waals surface area (Å²) >= 11 is 0. The van der Waals surface area contributed by atoms with E-state index in [0.717, 1.165) is 5.56 Å². The predicted octanol–water partition coefficient (Wildman–Crippen LogP) is 1.51. The fraction of sp³-hybridized carbons (Fsp3) is 0.250. The van der Waals surface area contributed by atoms with Crippen LogP contribution in [0.4, 0.5) is 0 Å². The molecule has 2 rings (SSSR count). The van der Waals surface area contributed by atoms with Crippen molar-refractivity contribution in [3.05, 3.63) is 53.6 Å². The van der Waals surface area contributed by atoms with Crippen LogP contribution in [-0.4, -0.2) is 36.0 Å². The molecule has 2 aromatic carbocycles. The van der Waals surface area contributed by atoms with E-state index in [2.05, 4.69) is 4.72 Å². The maximum absolute atomic E-state index is 11.9. The number of sulfonamides is 1. The summed E-state index contributed by atoms with van der Waals surface area (Å²) in [4.78, 5) is 0. The molecule has 0 aliphatic carbocycles. The Morgan fingerprint density at radius 2 is 1.48 bits per heavy atom. The summed E-state index contributed by atoms with van der Waals surface area (Å²) in [6.45, 7) is 0.272. The van der Waals surface area contributed by atoms with E-state index in [9.17, 15) is 23.7 Å². The summed E-state index contributed by atoms with van der Waals surface area (Å²) in [5.41, 5.74) is 1.55. The lowest BCUT2D eigenvalue weighted by Gasteiger charge is -2.08. The Morgan fingerprint density at radius 1 is 0.826 bits per heavy atom. The van der Waals surface area contributed by atoms with E-state index in [1.54, 1.807) is 30.3 Å². The van der Waals surface area contributed by atoms with Gasteiger partial charge in [-0.25, -0.2) is 13.1 Å². The van der Waals surface area contributed by atoms with Crippen LogP contribution in [0.1, 0.15) is 11.1 Å². The minimum absolute atomic E-state index is 0.104. The van der Waals surface area contributed by atoms with Crippen LogP contribution in [0.25, 0.3) is 0 Å². The summed E-state index contributed by atoms with van der Waals surface area (Å²) in [6, 6.07) is 10.8.